The molecule has 2 aromatic rings. The van der Waals surface area contributed by atoms with Gasteiger partial charge in [0.2, 0.25) is 0 Å². The van der Waals surface area contributed by atoms with Crippen LogP contribution in [0.5, 0.6) is 11.5 Å². The van der Waals surface area contributed by atoms with Gasteiger partial charge in [0.25, 0.3) is 0 Å². The molecule has 184 valence electrons. The van der Waals surface area contributed by atoms with Crippen molar-refractivity contribution in [2.24, 2.45) is 4.99 Å². The second-order valence-corrected chi connectivity index (χ2v) is 9.92. The van der Waals surface area contributed by atoms with E-state index in [2.05, 4.69) is 39.1 Å². The van der Waals surface area contributed by atoms with Gasteiger partial charge in [0.15, 0.2) is 11.5 Å². The molecule has 2 aromatic carbocycles. The number of hydrogen-bond donors (Lipinski definition) is 1. The van der Waals surface area contributed by atoms with Crippen LogP contribution in [0.15, 0.2) is 29.3 Å². The van der Waals surface area contributed by atoms with E-state index in [-0.39, 0.29) is 29.5 Å². The summed E-state index contributed by atoms with van der Waals surface area (Å²) in [5.74, 6) is 1.27. The lowest BCUT2D eigenvalue weighted by atomic mass is 9.80. The normalized spacial score (nSPS) is 16.9. The van der Waals surface area contributed by atoms with Crippen molar-refractivity contribution in [3.05, 3.63) is 52.1 Å². The minimum absolute atomic E-state index is 0. The Hall–Kier alpha value is -2.73. The minimum Gasteiger partial charge on any atom is -0.490 e. The number of anilines is 1. The van der Waals surface area contributed by atoms with E-state index >= 15 is 0 Å². The largest absolute Gasteiger partial charge is 0.490 e. The lowest BCUT2D eigenvalue weighted by Gasteiger charge is -2.31. The summed E-state index contributed by atoms with van der Waals surface area (Å²) in [6.45, 7) is 13.8. The molecular formula is C27H35ClN2O4. The topological polar surface area (TPSA) is 69.2 Å². The number of aliphatic imine (C=N–C) groups is 1. The Morgan fingerprint density at radius 3 is 2.53 bits per heavy atom. The van der Waals surface area contributed by atoms with E-state index in [1.165, 1.54) is 12.7 Å². The summed E-state index contributed by atoms with van der Waals surface area (Å²) in [6, 6.07) is 7.91. The van der Waals surface area contributed by atoms with E-state index in [0.717, 1.165) is 52.4 Å². The number of nitrogens with one attached hydrogen (secondary N) is 1. The lowest BCUT2D eigenvalue weighted by molar-refractivity contribution is 0.0602. The van der Waals surface area contributed by atoms with Crippen LogP contribution in [0, 0.1) is 0 Å². The van der Waals surface area contributed by atoms with E-state index in [1.54, 1.807) is 0 Å². The molecule has 0 fully saturated rings. The summed E-state index contributed by atoms with van der Waals surface area (Å²) in [6.07, 6.45) is 1.60. The molecule has 7 heteroatoms. The monoisotopic (exact) mass is 486 g/mol. The number of halogens is 1. The number of ether oxygens (including phenoxy) is 3. The van der Waals surface area contributed by atoms with Gasteiger partial charge in [-0.1, -0.05) is 6.07 Å². The molecule has 2 heterocycles. The Balaban J connectivity index is 0.00000324. The SMILES string of the molecule is CCNc1cc(C2=NC(C)(C)Cc3cc(OCC)c4c(c32)CC(C)(C)O4)ccc1C(=O)OC.Cl. The van der Waals surface area contributed by atoms with Gasteiger partial charge < -0.3 is 19.5 Å². The van der Waals surface area contributed by atoms with Crippen molar-refractivity contribution in [1.29, 1.82) is 0 Å². The van der Waals surface area contributed by atoms with Crippen molar-refractivity contribution < 1.29 is 19.0 Å². The van der Waals surface area contributed by atoms with Crippen LogP contribution in [0.2, 0.25) is 0 Å². The Morgan fingerprint density at radius 2 is 1.88 bits per heavy atom. The van der Waals surface area contributed by atoms with E-state index in [4.69, 9.17) is 19.2 Å². The summed E-state index contributed by atoms with van der Waals surface area (Å²) in [5.41, 5.74) is 6.06. The van der Waals surface area contributed by atoms with Crippen molar-refractivity contribution in [3.8, 4) is 11.5 Å². The third-order valence-electron chi connectivity index (χ3n) is 6.05. The molecule has 0 aliphatic carbocycles. The van der Waals surface area contributed by atoms with Crippen molar-refractivity contribution in [3.63, 3.8) is 0 Å². The van der Waals surface area contributed by atoms with Crippen LogP contribution in [-0.4, -0.2) is 43.1 Å². The highest BCUT2D eigenvalue weighted by Gasteiger charge is 2.39. The predicted octanol–water partition coefficient (Wildman–Crippen LogP) is 5.61. The summed E-state index contributed by atoms with van der Waals surface area (Å²) >= 11 is 0. The Morgan fingerprint density at radius 1 is 1.15 bits per heavy atom. The molecule has 4 rings (SSSR count). The number of hydrogen-bond acceptors (Lipinski definition) is 6. The summed E-state index contributed by atoms with van der Waals surface area (Å²) in [5, 5.41) is 3.31. The fourth-order valence-electron chi connectivity index (χ4n) is 4.86. The highest BCUT2D eigenvalue weighted by Crippen LogP contribution is 2.48. The average Bonchev–Trinajstić information content (AvgIpc) is 3.07. The summed E-state index contributed by atoms with van der Waals surface area (Å²) < 4.78 is 17.3. The third kappa shape index (κ3) is 4.74. The second-order valence-electron chi connectivity index (χ2n) is 9.92. The maximum absolute atomic E-state index is 12.3. The van der Waals surface area contributed by atoms with Gasteiger partial charge in [0.05, 0.1) is 30.5 Å². The fourth-order valence-corrected chi connectivity index (χ4v) is 4.86. The molecule has 0 radical (unpaired) electrons. The first kappa shape index (κ1) is 25.9. The quantitative estimate of drug-likeness (QED) is 0.537. The molecule has 34 heavy (non-hydrogen) atoms. The van der Waals surface area contributed by atoms with Crippen LogP contribution in [-0.2, 0) is 17.6 Å². The Kier molecular flexibility index (Phi) is 7.23. The van der Waals surface area contributed by atoms with Crippen LogP contribution in [0.1, 0.15) is 74.2 Å². The molecule has 2 aliphatic rings. The molecule has 0 spiro atoms. The first-order valence-corrected chi connectivity index (χ1v) is 11.7. The first-order chi connectivity index (χ1) is 15.6. The number of carbonyl (C=O) groups is 1. The number of rotatable bonds is 6. The first-order valence-electron chi connectivity index (χ1n) is 11.7. The third-order valence-corrected chi connectivity index (χ3v) is 6.05. The zero-order valence-electron chi connectivity index (χ0n) is 21.1. The Bertz CT molecular complexity index is 1140. The molecule has 0 atom stereocenters. The number of nitrogens with zero attached hydrogens (tertiary/aromatic N) is 1. The molecule has 0 aromatic heterocycles. The summed E-state index contributed by atoms with van der Waals surface area (Å²) in [4.78, 5) is 17.5. The van der Waals surface area contributed by atoms with Crippen molar-refractivity contribution in [2.45, 2.75) is 65.5 Å². The van der Waals surface area contributed by atoms with Crippen LogP contribution in [0.4, 0.5) is 5.69 Å². The molecule has 1 N–H and O–H groups in total. The maximum atomic E-state index is 12.3. The van der Waals surface area contributed by atoms with Crippen LogP contribution < -0.4 is 14.8 Å². The number of esters is 1. The lowest BCUT2D eigenvalue weighted by Crippen LogP contribution is -2.30. The van der Waals surface area contributed by atoms with Crippen LogP contribution >= 0.6 is 12.4 Å². The van der Waals surface area contributed by atoms with Crippen molar-refractivity contribution in [2.75, 3.05) is 25.6 Å². The zero-order valence-corrected chi connectivity index (χ0v) is 21.9. The van der Waals surface area contributed by atoms with E-state index in [1.807, 2.05) is 32.0 Å². The van der Waals surface area contributed by atoms with E-state index in [0.29, 0.717) is 18.7 Å². The molecule has 0 saturated carbocycles. The Labute approximate surface area is 208 Å². The standard InChI is InChI=1S/C27H34N2O4.ClH/c1-8-28-20-12-16(10-11-18(20)25(30)31-7)23-22-17(14-26(3,4)29-23)13-21(32-9-2)24-19(22)15-27(5,6)33-24;/h10-13,28H,8-9,14-15H2,1-7H3;1H. The van der Waals surface area contributed by atoms with Gasteiger partial charge >= 0.3 is 5.97 Å². The van der Waals surface area contributed by atoms with E-state index in [9.17, 15) is 4.79 Å². The van der Waals surface area contributed by atoms with Crippen LogP contribution in [0.25, 0.3) is 0 Å². The highest BCUT2D eigenvalue weighted by molar-refractivity contribution is 6.17. The molecule has 2 aliphatic heterocycles. The molecule has 0 amide bonds. The number of fused-ring (bicyclic) bond motifs is 3. The average molecular weight is 487 g/mol. The van der Waals surface area contributed by atoms with Gasteiger partial charge in [-0.2, -0.15) is 0 Å². The fraction of sp³-hybridized carbons (Fsp3) is 0.481. The van der Waals surface area contributed by atoms with Gasteiger partial charge in [0, 0.05) is 35.3 Å². The number of methoxy groups -OCH3 is 1. The van der Waals surface area contributed by atoms with Gasteiger partial charge in [0.1, 0.15) is 5.60 Å². The van der Waals surface area contributed by atoms with Crippen LogP contribution in [0.3, 0.4) is 0 Å². The number of carbonyl (C=O) groups excluding carboxylic acids is 1. The molecule has 0 saturated heterocycles. The molecule has 0 unspecified atom stereocenters. The van der Waals surface area contributed by atoms with Gasteiger partial charge in [-0.3, -0.25) is 4.99 Å². The summed E-state index contributed by atoms with van der Waals surface area (Å²) in [7, 11) is 1.40. The molecular weight excluding hydrogens is 452 g/mol. The van der Waals surface area contributed by atoms with E-state index < -0.39 is 0 Å². The zero-order chi connectivity index (χ0) is 24.0. The minimum atomic E-state index is -0.360. The van der Waals surface area contributed by atoms with Crippen molar-refractivity contribution >= 4 is 29.8 Å². The molecule has 0 bridgehead atoms. The van der Waals surface area contributed by atoms with Gasteiger partial charge in [-0.05, 0) is 71.7 Å². The van der Waals surface area contributed by atoms with Crippen molar-refractivity contribution in [1.82, 2.24) is 0 Å². The second kappa shape index (κ2) is 9.49. The maximum Gasteiger partial charge on any atom is 0.339 e. The van der Waals surface area contributed by atoms with Gasteiger partial charge in [-0.15, -0.1) is 12.4 Å². The number of benzene rings is 2. The molecule has 6 nitrogen and oxygen atoms in total. The smallest absolute Gasteiger partial charge is 0.339 e. The van der Waals surface area contributed by atoms with Gasteiger partial charge in [-0.25, -0.2) is 4.79 Å². The highest BCUT2D eigenvalue weighted by atomic mass is 35.5. The predicted molar refractivity (Wildman–Crippen MR) is 139 cm³/mol.